The summed E-state index contributed by atoms with van der Waals surface area (Å²) in [6, 6.07) is 1.81. The quantitative estimate of drug-likeness (QED) is 0.661. The van der Waals surface area contributed by atoms with Crippen LogP contribution >= 0.6 is 0 Å². The first-order chi connectivity index (χ1) is 9.79. The molecule has 0 atom stereocenters. The van der Waals surface area contributed by atoms with Gasteiger partial charge in [0.25, 0.3) is 5.91 Å². The molecule has 2 rings (SSSR count). The second-order valence-corrected chi connectivity index (χ2v) is 4.06. The van der Waals surface area contributed by atoms with Crippen molar-refractivity contribution in [1.29, 1.82) is 0 Å². The van der Waals surface area contributed by atoms with E-state index >= 15 is 0 Å². The van der Waals surface area contributed by atoms with E-state index in [1.54, 1.807) is 5.32 Å². The van der Waals surface area contributed by atoms with Crippen molar-refractivity contribution in [3.63, 3.8) is 0 Å². The molecule has 0 radical (unpaired) electrons. The van der Waals surface area contributed by atoms with Gasteiger partial charge >= 0.3 is 0 Å². The molecule has 0 spiro atoms. The van der Waals surface area contributed by atoms with E-state index in [9.17, 15) is 26.7 Å². The lowest BCUT2D eigenvalue weighted by Gasteiger charge is -2.09. The maximum Gasteiger partial charge on any atom is 0.258 e. The Labute approximate surface area is 115 Å². The van der Waals surface area contributed by atoms with E-state index < -0.39 is 51.9 Å². The molecular weight excluding hydrogens is 295 g/mol. The van der Waals surface area contributed by atoms with E-state index in [0.717, 1.165) is 0 Å². The van der Waals surface area contributed by atoms with Crippen molar-refractivity contribution >= 4 is 17.3 Å². The molecule has 2 aromatic rings. The first-order valence-corrected chi connectivity index (χ1v) is 5.50. The molecule has 3 N–H and O–H groups in total. The molecule has 1 amide bonds. The highest BCUT2D eigenvalue weighted by Crippen LogP contribution is 2.23. The molecule has 0 saturated carbocycles. The smallest absolute Gasteiger partial charge is 0.258 e. The molecule has 8 heteroatoms. The van der Waals surface area contributed by atoms with Gasteiger partial charge in [-0.15, -0.1) is 0 Å². The molecule has 0 fully saturated rings. The summed E-state index contributed by atoms with van der Waals surface area (Å²) in [4.78, 5) is 11.7. The molecule has 0 aliphatic heterocycles. The lowest BCUT2D eigenvalue weighted by molar-refractivity contribution is 0.102. The Balaban J connectivity index is 2.40. The maximum atomic E-state index is 13.6. The molecule has 110 valence electrons. The number of halogens is 5. The fourth-order valence-corrected chi connectivity index (χ4v) is 1.62. The number of hydrogen-bond acceptors (Lipinski definition) is 2. The number of carbonyl (C=O) groups is 1. The fourth-order valence-electron chi connectivity index (χ4n) is 1.62. The Morgan fingerprint density at radius 3 is 2.00 bits per heavy atom. The molecule has 0 unspecified atom stereocenters. The molecule has 0 aliphatic rings. The normalized spacial score (nSPS) is 10.5. The van der Waals surface area contributed by atoms with Crippen molar-refractivity contribution < 1.29 is 26.7 Å². The molecule has 2 aromatic carbocycles. The van der Waals surface area contributed by atoms with Crippen LogP contribution in [0.3, 0.4) is 0 Å². The highest BCUT2D eigenvalue weighted by Gasteiger charge is 2.20. The Bertz CT molecular complexity index is 710. The molecule has 0 bridgehead atoms. The third kappa shape index (κ3) is 2.93. The summed E-state index contributed by atoms with van der Waals surface area (Å²) in [7, 11) is 0. The molecule has 0 saturated heterocycles. The van der Waals surface area contributed by atoms with E-state index in [-0.39, 0.29) is 0 Å². The number of benzene rings is 2. The number of anilines is 2. The van der Waals surface area contributed by atoms with E-state index in [0.29, 0.717) is 24.3 Å². The third-order valence-corrected chi connectivity index (χ3v) is 2.56. The van der Waals surface area contributed by atoms with Crippen molar-refractivity contribution in [2.24, 2.45) is 0 Å². The lowest BCUT2D eigenvalue weighted by atomic mass is 10.1. The van der Waals surface area contributed by atoms with Gasteiger partial charge in [0.15, 0.2) is 17.5 Å². The van der Waals surface area contributed by atoms with Crippen LogP contribution < -0.4 is 11.1 Å². The van der Waals surface area contributed by atoms with Crippen LogP contribution in [0.25, 0.3) is 0 Å². The first kappa shape index (κ1) is 14.8. The molecule has 3 nitrogen and oxygen atoms in total. The summed E-state index contributed by atoms with van der Waals surface area (Å²) < 4.78 is 66.1. The number of rotatable bonds is 2. The Hall–Kier alpha value is -2.64. The number of carbonyl (C=O) groups excluding carboxylic acids is 1. The van der Waals surface area contributed by atoms with Crippen molar-refractivity contribution in [2.75, 3.05) is 11.1 Å². The zero-order chi connectivity index (χ0) is 15.7. The Morgan fingerprint density at radius 1 is 0.905 bits per heavy atom. The predicted octanol–water partition coefficient (Wildman–Crippen LogP) is 3.22. The topological polar surface area (TPSA) is 55.1 Å². The van der Waals surface area contributed by atoms with Crippen LogP contribution in [0.15, 0.2) is 24.3 Å². The van der Waals surface area contributed by atoms with E-state index in [2.05, 4.69) is 0 Å². The molecule has 0 aliphatic carbocycles. The Kier molecular flexibility index (Phi) is 3.79. The second-order valence-electron chi connectivity index (χ2n) is 4.06. The van der Waals surface area contributed by atoms with Crippen LogP contribution in [0.2, 0.25) is 0 Å². The van der Waals surface area contributed by atoms with E-state index in [1.807, 2.05) is 0 Å². The molecule has 0 heterocycles. The Morgan fingerprint density at radius 2 is 1.43 bits per heavy atom. The SMILES string of the molecule is Nc1cc(F)cc(C(=O)Nc2c(F)cc(F)cc2F)c1F. The number of nitrogens with one attached hydrogen (secondary N) is 1. The number of amides is 1. The van der Waals surface area contributed by atoms with Gasteiger partial charge in [-0.3, -0.25) is 4.79 Å². The van der Waals surface area contributed by atoms with Crippen molar-refractivity contribution in [3.05, 3.63) is 58.9 Å². The van der Waals surface area contributed by atoms with Crippen molar-refractivity contribution in [1.82, 2.24) is 0 Å². The zero-order valence-electron chi connectivity index (χ0n) is 10.2. The summed E-state index contributed by atoms with van der Waals surface area (Å²) in [5, 5.41) is 1.70. The highest BCUT2D eigenvalue weighted by atomic mass is 19.2. The summed E-state index contributed by atoms with van der Waals surface area (Å²) in [5.41, 5.74) is 2.68. The zero-order valence-corrected chi connectivity index (χ0v) is 10.2. The van der Waals surface area contributed by atoms with Gasteiger partial charge < -0.3 is 11.1 Å². The third-order valence-electron chi connectivity index (χ3n) is 2.56. The minimum Gasteiger partial charge on any atom is -0.396 e. The summed E-state index contributed by atoms with van der Waals surface area (Å²) in [6.07, 6.45) is 0. The van der Waals surface area contributed by atoms with E-state index in [4.69, 9.17) is 5.73 Å². The van der Waals surface area contributed by atoms with Gasteiger partial charge in [-0.1, -0.05) is 0 Å². The summed E-state index contributed by atoms with van der Waals surface area (Å²) >= 11 is 0. The van der Waals surface area contributed by atoms with Crippen LogP contribution in [-0.2, 0) is 0 Å². The largest absolute Gasteiger partial charge is 0.396 e. The van der Waals surface area contributed by atoms with Gasteiger partial charge in [-0.25, -0.2) is 22.0 Å². The van der Waals surface area contributed by atoms with Gasteiger partial charge in [-0.05, 0) is 12.1 Å². The molecular formula is C13H7F5N2O. The number of nitrogen functional groups attached to an aromatic ring is 1. The predicted molar refractivity (Wildman–Crippen MR) is 65.0 cm³/mol. The average Bonchev–Trinajstić information content (AvgIpc) is 2.37. The fraction of sp³-hybridized carbons (Fsp3) is 0. The second kappa shape index (κ2) is 5.39. The van der Waals surface area contributed by atoms with Crippen LogP contribution in [0.4, 0.5) is 33.3 Å². The standard InChI is InChI=1S/C13H7F5N2O/c14-5-1-7(11(18)10(19)4-5)13(21)20-12-8(16)2-6(15)3-9(12)17/h1-4H,19H2,(H,20,21). The monoisotopic (exact) mass is 302 g/mol. The molecule has 0 aromatic heterocycles. The summed E-state index contributed by atoms with van der Waals surface area (Å²) in [5.74, 6) is -7.56. The number of hydrogen-bond donors (Lipinski definition) is 2. The minimum absolute atomic E-state index is 0.328. The lowest BCUT2D eigenvalue weighted by Crippen LogP contribution is -2.17. The van der Waals surface area contributed by atoms with Crippen molar-refractivity contribution in [2.45, 2.75) is 0 Å². The van der Waals surface area contributed by atoms with Gasteiger partial charge in [0.2, 0.25) is 0 Å². The first-order valence-electron chi connectivity index (χ1n) is 5.50. The highest BCUT2D eigenvalue weighted by molar-refractivity contribution is 6.05. The maximum absolute atomic E-state index is 13.6. The number of nitrogens with two attached hydrogens (primary N) is 1. The van der Waals surface area contributed by atoms with Gasteiger partial charge in [0.05, 0.1) is 11.3 Å². The van der Waals surface area contributed by atoms with Gasteiger partial charge in [-0.2, -0.15) is 0 Å². The van der Waals surface area contributed by atoms with Crippen LogP contribution in [-0.4, -0.2) is 5.91 Å². The van der Waals surface area contributed by atoms with Crippen LogP contribution in [0.5, 0.6) is 0 Å². The average molecular weight is 302 g/mol. The minimum atomic E-state index is -1.40. The van der Waals surface area contributed by atoms with Crippen LogP contribution in [0, 0.1) is 29.1 Å². The van der Waals surface area contributed by atoms with Crippen molar-refractivity contribution in [3.8, 4) is 0 Å². The van der Waals surface area contributed by atoms with Crippen LogP contribution in [0.1, 0.15) is 10.4 Å². The van der Waals surface area contributed by atoms with E-state index in [1.165, 1.54) is 0 Å². The van der Waals surface area contributed by atoms with Gasteiger partial charge in [0.1, 0.15) is 17.3 Å². The summed E-state index contributed by atoms with van der Waals surface area (Å²) in [6.45, 7) is 0. The van der Waals surface area contributed by atoms with Gasteiger partial charge in [0, 0.05) is 12.1 Å². The molecule has 21 heavy (non-hydrogen) atoms.